The first kappa shape index (κ1) is 20.5. The molecule has 2 heterocycles. The predicted octanol–water partition coefficient (Wildman–Crippen LogP) is 2.20. The van der Waals surface area contributed by atoms with Crippen LogP contribution in [0.3, 0.4) is 0 Å². The molecule has 0 atom stereocenters. The van der Waals surface area contributed by atoms with Crippen LogP contribution in [0.1, 0.15) is 18.4 Å². The molecular formula is C16H14F3N5O4S. The van der Waals surface area contributed by atoms with Gasteiger partial charge in [0.25, 0.3) is 9.84 Å². The number of hydrogen-bond acceptors (Lipinski definition) is 6. The summed E-state index contributed by atoms with van der Waals surface area (Å²) >= 11 is 0. The highest BCUT2D eigenvalue weighted by Crippen LogP contribution is 2.32. The van der Waals surface area contributed by atoms with Crippen molar-refractivity contribution in [3.05, 3.63) is 35.9 Å². The summed E-state index contributed by atoms with van der Waals surface area (Å²) in [5.74, 6) is -0.723. The Labute approximate surface area is 162 Å². The number of fused-ring (bicyclic) bond motifs is 1. The van der Waals surface area contributed by atoms with Gasteiger partial charge in [-0.15, -0.1) is 5.10 Å². The maximum absolute atomic E-state index is 12.8. The first-order valence-corrected chi connectivity index (χ1v) is 9.63. The van der Waals surface area contributed by atoms with E-state index in [0.29, 0.717) is 23.6 Å². The van der Waals surface area contributed by atoms with E-state index in [-0.39, 0.29) is 12.1 Å². The van der Waals surface area contributed by atoms with E-state index in [2.05, 4.69) is 15.3 Å². The minimum atomic E-state index is -5.48. The van der Waals surface area contributed by atoms with Crippen molar-refractivity contribution in [3.8, 4) is 0 Å². The van der Waals surface area contributed by atoms with E-state index in [0.717, 1.165) is 16.8 Å². The van der Waals surface area contributed by atoms with Gasteiger partial charge in [0, 0.05) is 6.54 Å². The molecule has 1 aromatic carbocycles. The second kappa shape index (κ2) is 7.31. The summed E-state index contributed by atoms with van der Waals surface area (Å²) in [5.41, 5.74) is -4.51. The summed E-state index contributed by atoms with van der Waals surface area (Å²) < 4.78 is 64.4. The second-order valence-corrected chi connectivity index (χ2v) is 7.82. The van der Waals surface area contributed by atoms with Crippen molar-refractivity contribution in [1.29, 1.82) is 0 Å². The van der Waals surface area contributed by atoms with Crippen molar-refractivity contribution in [1.82, 2.24) is 24.5 Å². The molecule has 13 heteroatoms. The standard InChI is InChI=1S/C16H14F3N5O4S/c1-2-24-13-5-4-11(29(27,28)16(17,18)19)7-12(13)20-14(24)6-3-10-8-23(22-21-10)9-15(25)26/h3-8H,2,9H2,1H3,(H,25,26)/b6-3+. The number of sulfone groups is 1. The Morgan fingerprint density at radius 3 is 2.62 bits per heavy atom. The summed E-state index contributed by atoms with van der Waals surface area (Å²) in [7, 11) is -5.48. The lowest BCUT2D eigenvalue weighted by Crippen LogP contribution is -2.23. The highest BCUT2D eigenvalue weighted by molar-refractivity contribution is 7.92. The van der Waals surface area contributed by atoms with Crippen molar-refractivity contribution in [2.75, 3.05) is 0 Å². The minimum absolute atomic E-state index is 0.0892. The predicted molar refractivity (Wildman–Crippen MR) is 95.2 cm³/mol. The van der Waals surface area contributed by atoms with E-state index < -0.39 is 26.2 Å². The molecule has 0 bridgehead atoms. The maximum Gasteiger partial charge on any atom is 0.501 e. The lowest BCUT2D eigenvalue weighted by molar-refractivity contribution is -0.137. The third kappa shape index (κ3) is 3.99. The molecule has 0 unspecified atom stereocenters. The van der Waals surface area contributed by atoms with Crippen LogP contribution in [0, 0.1) is 0 Å². The van der Waals surface area contributed by atoms with Gasteiger partial charge >= 0.3 is 11.5 Å². The summed E-state index contributed by atoms with van der Waals surface area (Å²) in [6.07, 6.45) is 4.43. The van der Waals surface area contributed by atoms with Gasteiger partial charge in [-0.3, -0.25) is 4.79 Å². The van der Waals surface area contributed by atoms with Crippen LogP contribution in [0.25, 0.3) is 23.2 Å². The Bertz CT molecular complexity index is 1210. The third-order valence-electron chi connectivity index (χ3n) is 3.94. The topological polar surface area (TPSA) is 120 Å². The van der Waals surface area contributed by atoms with Gasteiger partial charge in [0.15, 0.2) is 0 Å². The van der Waals surface area contributed by atoms with Gasteiger partial charge in [0.2, 0.25) is 0 Å². The summed E-state index contributed by atoms with van der Waals surface area (Å²) in [4.78, 5) is 14.0. The lowest BCUT2D eigenvalue weighted by Gasteiger charge is -2.08. The van der Waals surface area contributed by atoms with Crippen molar-refractivity contribution < 1.29 is 31.5 Å². The number of aromatic nitrogens is 5. The molecule has 29 heavy (non-hydrogen) atoms. The Balaban J connectivity index is 1.98. The number of nitrogens with zero attached hydrogens (tertiary/aromatic N) is 5. The first-order chi connectivity index (χ1) is 13.5. The van der Waals surface area contributed by atoms with E-state index in [1.165, 1.54) is 24.4 Å². The molecule has 1 N–H and O–H groups in total. The van der Waals surface area contributed by atoms with Gasteiger partial charge in [0.05, 0.1) is 22.1 Å². The number of benzene rings is 1. The molecule has 154 valence electrons. The summed E-state index contributed by atoms with van der Waals surface area (Å²) in [6.45, 7) is 1.86. The van der Waals surface area contributed by atoms with Crippen molar-refractivity contribution in [2.24, 2.45) is 0 Å². The monoisotopic (exact) mass is 429 g/mol. The number of aliphatic carboxylic acids is 1. The number of rotatable bonds is 6. The number of carboxylic acid groups (broad SMARTS) is 1. The summed E-state index contributed by atoms with van der Waals surface area (Å²) in [5, 5.41) is 16.2. The second-order valence-electron chi connectivity index (χ2n) is 5.88. The molecule has 2 aromatic heterocycles. The molecule has 0 aliphatic heterocycles. The van der Waals surface area contributed by atoms with E-state index in [1.807, 2.05) is 0 Å². The number of carboxylic acids is 1. The van der Waals surface area contributed by atoms with Crippen molar-refractivity contribution >= 4 is 39.0 Å². The molecular weight excluding hydrogens is 415 g/mol. The van der Waals surface area contributed by atoms with E-state index in [1.54, 1.807) is 11.5 Å². The molecule has 0 aliphatic rings. The van der Waals surface area contributed by atoms with Crippen LogP contribution in [-0.2, 0) is 27.7 Å². The van der Waals surface area contributed by atoms with Gasteiger partial charge in [-0.1, -0.05) is 5.21 Å². The third-order valence-corrected chi connectivity index (χ3v) is 5.42. The zero-order valence-electron chi connectivity index (χ0n) is 14.8. The molecule has 0 fully saturated rings. The molecule has 9 nitrogen and oxygen atoms in total. The number of hydrogen-bond donors (Lipinski definition) is 1. The van der Waals surface area contributed by atoms with E-state index in [4.69, 9.17) is 5.11 Å². The van der Waals surface area contributed by atoms with Crippen LogP contribution < -0.4 is 0 Å². The number of alkyl halides is 3. The normalized spacial score (nSPS) is 12.8. The Morgan fingerprint density at radius 2 is 2.00 bits per heavy atom. The fraction of sp³-hybridized carbons (Fsp3) is 0.250. The zero-order valence-corrected chi connectivity index (χ0v) is 15.6. The highest BCUT2D eigenvalue weighted by Gasteiger charge is 2.47. The SMILES string of the molecule is CCn1c(/C=C/c2cn(CC(=O)O)nn2)nc2cc(S(=O)(=O)C(F)(F)F)ccc21. The fourth-order valence-electron chi connectivity index (χ4n) is 2.65. The maximum atomic E-state index is 12.8. The fourth-order valence-corrected chi connectivity index (χ4v) is 3.44. The largest absolute Gasteiger partial charge is 0.501 e. The molecule has 3 aromatic rings. The number of carbonyl (C=O) groups is 1. The average molecular weight is 429 g/mol. The summed E-state index contributed by atoms with van der Waals surface area (Å²) in [6, 6.07) is 3.04. The number of imidazole rings is 1. The quantitative estimate of drug-likeness (QED) is 0.638. The molecule has 0 saturated heterocycles. The van der Waals surface area contributed by atoms with Gasteiger partial charge in [-0.25, -0.2) is 18.1 Å². The molecule has 0 saturated carbocycles. The van der Waals surface area contributed by atoms with Crippen LogP contribution in [-0.4, -0.2) is 49.5 Å². The van der Waals surface area contributed by atoms with Gasteiger partial charge in [0.1, 0.15) is 18.1 Å². The van der Waals surface area contributed by atoms with Crippen molar-refractivity contribution in [2.45, 2.75) is 30.4 Å². The van der Waals surface area contributed by atoms with Crippen LogP contribution in [0.5, 0.6) is 0 Å². The van der Waals surface area contributed by atoms with Gasteiger partial charge in [-0.2, -0.15) is 13.2 Å². The Morgan fingerprint density at radius 1 is 1.28 bits per heavy atom. The number of aryl methyl sites for hydroxylation is 1. The van der Waals surface area contributed by atoms with Gasteiger partial charge < -0.3 is 9.67 Å². The average Bonchev–Trinajstić information content (AvgIpc) is 3.21. The highest BCUT2D eigenvalue weighted by atomic mass is 32.2. The molecule has 0 amide bonds. The Kier molecular flexibility index (Phi) is 5.17. The van der Waals surface area contributed by atoms with E-state index in [9.17, 15) is 26.4 Å². The molecule has 0 aliphatic carbocycles. The smallest absolute Gasteiger partial charge is 0.480 e. The van der Waals surface area contributed by atoms with Crippen LogP contribution in [0.4, 0.5) is 13.2 Å². The number of halogens is 3. The minimum Gasteiger partial charge on any atom is -0.480 e. The van der Waals surface area contributed by atoms with E-state index >= 15 is 0 Å². The van der Waals surface area contributed by atoms with Gasteiger partial charge in [-0.05, 0) is 37.3 Å². The van der Waals surface area contributed by atoms with Crippen LogP contribution >= 0.6 is 0 Å². The van der Waals surface area contributed by atoms with Crippen molar-refractivity contribution in [3.63, 3.8) is 0 Å². The van der Waals surface area contributed by atoms with Crippen LogP contribution in [0.2, 0.25) is 0 Å². The molecule has 3 rings (SSSR count). The lowest BCUT2D eigenvalue weighted by atomic mass is 10.3. The first-order valence-electron chi connectivity index (χ1n) is 8.14. The molecule has 0 radical (unpaired) electrons. The Hall–Kier alpha value is -3.22. The zero-order chi connectivity index (χ0) is 21.4. The van der Waals surface area contributed by atoms with Crippen LogP contribution in [0.15, 0.2) is 29.3 Å². The molecule has 0 spiro atoms.